The summed E-state index contributed by atoms with van der Waals surface area (Å²) >= 11 is 3.94. The molecule has 5 heteroatoms. The van der Waals surface area contributed by atoms with Crippen LogP contribution < -0.4 is 0 Å². The van der Waals surface area contributed by atoms with Gasteiger partial charge in [-0.15, -0.1) is 10.1 Å². The van der Waals surface area contributed by atoms with E-state index in [1.54, 1.807) is 0 Å². The highest BCUT2D eigenvalue weighted by molar-refractivity contribution is 7.78. The molecular formula is CHNO3S. The molecule has 0 aliphatic rings. The molecule has 0 amide bonds. The van der Waals surface area contributed by atoms with Gasteiger partial charge in [-0.2, -0.15) is 0 Å². The van der Waals surface area contributed by atoms with E-state index < -0.39 is 5.09 Å². The normalized spacial score (nSPS) is 6.67. The van der Waals surface area contributed by atoms with Gasteiger partial charge in [0.1, 0.15) is 0 Å². The van der Waals surface area contributed by atoms with Crippen molar-refractivity contribution in [3.05, 3.63) is 10.1 Å². The van der Waals surface area contributed by atoms with E-state index in [2.05, 4.69) is 17.1 Å². The summed E-state index contributed by atoms with van der Waals surface area (Å²) in [6.07, 6.45) is 0. The molecule has 0 radical (unpaired) electrons. The van der Waals surface area contributed by atoms with Gasteiger partial charge < -0.3 is 0 Å². The SMILES string of the molecule is O=[N+]([O-])OC=S. The highest BCUT2D eigenvalue weighted by Gasteiger charge is 1.81. The predicted molar refractivity (Wildman–Crippen MR) is 21.7 cm³/mol. The van der Waals surface area contributed by atoms with Gasteiger partial charge in [-0.3, -0.25) is 4.84 Å². The van der Waals surface area contributed by atoms with Crippen LogP contribution in [0.25, 0.3) is 0 Å². The van der Waals surface area contributed by atoms with Crippen LogP contribution in [0.1, 0.15) is 0 Å². The summed E-state index contributed by atoms with van der Waals surface area (Å²) < 4.78 is 0. The minimum Gasteiger partial charge on any atom is -0.272 e. The van der Waals surface area contributed by atoms with Crippen LogP contribution in [0.15, 0.2) is 0 Å². The van der Waals surface area contributed by atoms with E-state index in [1.807, 2.05) is 0 Å². The van der Waals surface area contributed by atoms with Crippen molar-refractivity contribution in [3.8, 4) is 0 Å². The van der Waals surface area contributed by atoms with Crippen molar-refractivity contribution < 1.29 is 9.92 Å². The minimum absolute atomic E-state index is 0.583. The summed E-state index contributed by atoms with van der Waals surface area (Å²) in [4.78, 5) is 12.5. The Bertz CT molecular complexity index is 71.2. The number of thiocarbonyl (C=S) groups is 1. The summed E-state index contributed by atoms with van der Waals surface area (Å²) in [6, 6.07) is 0. The van der Waals surface area contributed by atoms with E-state index in [1.165, 1.54) is 0 Å². The quantitative estimate of drug-likeness (QED) is 0.286. The van der Waals surface area contributed by atoms with E-state index >= 15 is 0 Å². The second kappa shape index (κ2) is 2.52. The second-order valence-corrected chi connectivity index (χ2v) is 0.618. The van der Waals surface area contributed by atoms with Gasteiger partial charge in [0.25, 0.3) is 5.09 Å². The maximum Gasteiger partial charge on any atom is 0.300 e. The molecule has 0 saturated heterocycles. The first kappa shape index (κ1) is 5.29. The van der Waals surface area contributed by atoms with Crippen molar-refractivity contribution in [3.63, 3.8) is 0 Å². The molecule has 0 aromatic carbocycles. The molecule has 0 heterocycles. The predicted octanol–water partition coefficient (Wildman–Crippen LogP) is 0.152. The van der Waals surface area contributed by atoms with Gasteiger partial charge in [-0.1, -0.05) is 12.2 Å². The van der Waals surface area contributed by atoms with Crippen molar-refractivity contribution in [1.29, 1.82) is 0 Å². The van der Waals surface area contributed by atoms with Crippen molar-refractivity contribution >= 4 is 17.8 Å². The summed E-state index contributed by atoms with van der Waals surface area (Å²) in [7, 11) is 0. The number of rotatable bonds is 2. The molecule has 0 rings (SSSR count). The summed E-state index contributed by atoms with van der Waals surface area (Å²) in [5.74, 6) is 0. The Kier molecular flexibility index (Phi) is 2.22. The summed E-state index contributed by atoms with van der Waals surface area (Å²) in [5.41, 5.74) is 0.583. The van der Waals surface area contributed by atoms with Crippen LogP contribution >= 0.6 is 12.2 Å². The molecule has 0 bridgehead atoms. The fraction of sp³-hybridized carbons (Fsp3) is 0. The smallest absolute Gasteiger partial charge is 0.272 e. The zero-order chi connectivity index (χ0) is 4.99. The van der Waals surface area contributed by atoms with Gasteiger partial charge in [0.15, 0.2) is 5.55 Å². The fourth-order valence-electron chi connectivity index (χ4n) is 0.0351. The zero-order valence-electron chi connectivity index (χ0n) is 2.66. The number of nitrogens with zero attached hydrogens (tertiary/aromatic N) is 1. The largest absolute Gasteiger partial charge is 0.300 e. The Labute approximate surface area is 38.8 Å². The Morgan fingerprint density at radius 3 is 2.50 bits per heavy atom. The van der Waals surface area contributed by atoms with Crippen LogP contribution in [0.2, 0.25) is 0 Å². The standard InChI is InChI=1S/CHNO3S/c3-2(4)5-1-6/h1H. The topological polar surface area (TPSA) is 52.4 Å². The molecule has 0 saturated carbocycles. The van der Waals surface area contributed by atoms with E-state index in [0.717, 1.165) is 0 Å². The highest BCUT2D eigenvalue weighted by Crippen LogP contribution is 1.63. The van der Waals surface area contributed by atoms with Gasteiger partial charge in [0, 0.05) is 0 Å². The van der Waals surface area contributed by atoms with Crippen LogP contribution in [0.3, 0.4) is 0 Å². The lowest BCUT2D eigenvalue weighted by molar-refractivity contribution is -0.720. The molecule has 0 aromatic heterocycles. The summed E-state index contributed by atoms with van der Waals surface area (Å²) in [6.45, 7) is 0. The average molecular weight is 107 g/mol. The molecule has 0 fully saturated rings. The van der Waals surface area contributed by atoms with Crippen LogP contribution in [-0.2, 0) is 4.84 Å². The third-order valence-electron chi connectivity index (χ3n) is 0.129. The lowest BCUT2D eigenvalue weighted by Gasteiger charge is -1.76. The average Bonchev–Trinajstić information content (AvgIpc) is 1.35. The second-order valence-electron chi connectivity index (χ2n) is 0.425. The molecule has 6 heavy (non-hydrogen) atoms. The van der Waals surface area contributed by atoms with E-state index in [-0.39, 0.29) is 0 Å². The van der Waals surface area contributed by atoms with Gasteiger partial charge in [0.2, 0.25) is 0 Å². The molecular weight excluding hydrogens is 106 g/mol. The third-order valence-corrected chi connectivity index (χ3v) is 0.215. The molecule has 0 aliphatic carbocycles. The Morgan fingerprint density at radius 1 is 2.00 bits per heavy atom. The van der Waals surface area contributed by atoms with E-state index in [0.29, 0.717) is 5.55 Å². The van der Waals surface area contributed by atoms with Crippen LogP contribution in [0, 0.1) is 10.1 Å². The number of hydrogen-bond acceptors (Lipinski definition) is 4. The first-order valence-electron chi connectivity index (χ1n) is 1.02. The van der Waals surface area contributed by atoms with Gasteiger partial charge >= 0.3 is 0 Å². The van der Waals surface area contributed by atoms with E-state index in [9.17, 15) is 0 Å². The molecule has 0 aliphatic heterocycles. The Hall–Kier alpha value is -0.710. The van der Waals surface area contributed by atoms with Crippen molar-refractivity contribution in [2.24, 2.45) is 0 Å². The highest BCUT2D eigenvalue weighted by atomic mass is 32.1. The molecule has 0 N–H and O–H groups in total. The van der Waals surface area contributed by atoms with Crippen LogP contribution in [0.5, 0.6) is 0 Å². The van der Waals surface area contributed by atoms with Crippen molar-refractivity contribution in [2.75, 3.05) is 0 Å². The van der Waals surface area contributed by atoms with Crippen LogP contribution in [-0.4, -0.2) is 10.6 Å². The third kappa shape index (κ3) is 3.29. The number of hydrogen-bond donors (Lipinski definition) is 0. The molecule has 34 valence electrons. The maximum absolute atomic E-state index is 9.08. The zero-order valence-corrected chi connectivity index (χ0v) is 3.47. The lowest BCUT2D eigenvalue weighted by atomic mass is 11.7. The summed E-state index contributed by atoms with van der Waals surface area (Å²) in [5, 5.41) is 8.11. The molecule has 0 aromatic rings. The Balaban J connectivity index is 3.05. The maximum atomic E-state index is 9.08. The molecule has 0 atom stereocenters. The molecule has 0 spiro atoms. The molecule has 4 nitrogen and oxygen atoms in total. The van der Waals surface area contributed by atoms with Crippen molar-refractivity contribution in [1.82, 2.24) is 0 Å². The van der Waals surface area contributed by atoms with Gasteiger partial charge in [0.05, 0.1) is 0 Å². The van der Waals surface area contributed by atoms with Gasteiger partial charge in [-0.25, -0.2) is 0 Å². The van der Waals surface area contributed by atoms with Gasteiger partial charge in [-0.05, 0) is 0 Å². The molecule has 0 unspecified atom stereocenters. The monoisotopic (exact) mass is 107 g/mol. The minimum atomic E-state index is -0.979. The first-order chi connectivity index (χ1) is 2.77. The Morgan fingerprint density at radius 2 is 2.50 bits per heavy atom. The van der Waals surface area contributed by atoms with Crippen molar-refractivity contribution in [2.45, 2.75) is 0 Å². The van der Waals surface area contributed by atoms with E-state index in [4.69, 9.17) is 10.1 Å². The lowest BCUT2D eigenvalue weighted by Crippen LogP contribution is -1.94. The fourth-order valence-corrected chi connectivity index (χ4v) is 0.105. The first-order valence-corrected chi connectivity index (χ1v) is 1.49. The van der Waals surface area contributed by atoms with Crippen LogP contribution in [0.4, 0.5) is 0 Å².